The van der Waals surface area contributed by atoms with E-state index in [0.717, 1.165) is 16.9 Å². The zero-order valence-electron chi connectivity index (χ0n) is 10.7. The highest BCUT2D eigenvalue weighted by Crippen LogP contribution is 2.25. The Morgan fingerprint density at radius 3 is 2.58 bits per heavy atom. The molecule has 0 bridgehead atoms. The van der Waals surface area contributed by atoms with Crippen molar-refractivity contribution < 1.29 is 0 Å². The molecule has 1 aromatic heterocycles. The van der Waals surface area contributed by atoms with Gasteiger partial charge in [-0.2, -0.15) is 5.26 Å². The summed E-state index contributed by atoms with van der Waals surface area (Å²) in [6.07, 6.45) is 0. The summed E-state index contributed by atoms with van der Waals surface area (Å²) < 4.78 is 1.88. The number of aromatic nitrogens is 1. The van der Waals surface area contributed by atoms with Crippen molar-refractivity contribution in [2.24, 2.45) is 7.05 Å². The molecule has 5 heteroatoms. The summed E-state index contributed by atoms with van der Waals surface area (Å²) in [6.45, 7) is 2.63. The van der Waals surface area contributed by atoms with Gasteiger partial charge in [-0.15, -0.1) is 0 Å². The number of hydrogen-bond donors (Lipinski definition) is 1. The molecule has 98 valence electrons. The predicted molar refractivity (Wildman–Crippen MR) is 78.7 cm³/mol. The lowest BCUT2D eigenvalue weighted by Crippen LogP contribution is -2.01. The Morgan fingerprint density at radius 1 is 1.26 bits per heavy atom. The van der Waals surface area contributed by atoms with E-state index in [1.165, 1.54) is 0 Å². The predicted octanol–water partition coefficient (Wildman–Crippen LogP) is 4.12. The average molecular weight is 294 g/mol. The maximum Gasteiger partial charge on any atom is 0.120 e. The Kier molecular flexibility index (Phi) is 4.04. The molecule has 0 saturated carbocycles. The smallest absolute Gasteiger partial charge is 0.120 e. The first-order valence-corrected chi connectivity index (χ1v) is 6.52. The Balaban J connectivity index is 2.15. The van der Waals surface area contributed by atoms with E-state index >= 15 is 0 Å². The number of rotatable bonds is 3. The summed E-state index contributed by atoms with van der Waals surface area (Å²) in [7, 11) is 1.89. The highest BCUT2D eigenvalue weighted by Gasteiger charge is 2.08. The first-order chi connectivity index (χ1) is 9.02. The van der Waals surface area contributed by atoms with Crippen LogP contribution in [0.2, 0.25) is 10.0 Å². The summed E-state index contributed by atoms with van der Waals surface area (Å²) in [5.74, 6) is 0. The second-order valence-corrected chi connectivity index (χ2v) is 5.11. The molecule has 0 atom stereocenters. The second-order valence-electron chi connectivity index (χ2n) is 4.29. The van der Waals surface area contributed by atoms with Crippen LogP contribution in [0.1, 0.15) is 17.0 Å². The third kappa shape index (κ3) is 2.86. The van der Waals surface area contributed by atoms with Gasteiger partial charge >= 0.3 is 0 Å². The number of benzene rings is 1. The minimum Gasteiger partial charge on any atom is -0.381 e. The quantitative estimate of drug-likeness (QED) is 0.925. The van der Waals surface area contributed by atoms with Gasteiger partial charge in [-0.1, -0.05) is 23.2 Å². The Labute approximate surface area is 122 Å². The van der Waals surface area contributed by atoms with Crippen molar-refractivity contribution in [1.29, 1.82) is 5.26 Å². The Bertz CT molecular complexity index is 653. The molecule has 3 nitrogen and oxygen atoms in total. The summed E-state index contributed by atoms with van der Waals surface area (Å²) in [5, 5.41) is 13.3. The maximum atomic E-state index is 8.99. The normalized spacial score (nSPS) is 10.3. The SMILES string of the molecule is Cc1c(CNc2ccc(Cl)c(Cl)c2)cc(C#N)n1C. The molecule has 1 heterocycles. The summed E-state index contributed by atoms with van der Waals surface area (Å²) in [6, 6.07) is 9.47. The molecule has 0 fully saturated rings. The van der Waals surface area contributed by atoms with Gasteiger partial charge in [0.1, 0.15) is 11.8 Å². The van der Waals surface area contributed by atoms with Gasteiger partial charge in [0.05, 0.1) is 10.0 Å². The molecule has 0 aliphatic rings. The van der Waals surface area contributed by atoms with E-state index in [2.05, 4.69) is 11.4 Å². The third-order valence-electron chi connectivity index (χ3n) is 3.16. The van der Waals surface area contributed by atoms with E-state index in [9.17, 15) is 0 Å². The minimum atomic E-state index is 0.522. The summed E-state index contributed by atoms with van der Waals surface area (Å²) >= 11 is 11.8. The molecule has 0 aliphatic carbocycles. The Morgan fingerprint density at radius 2 is 2.00 bits per heavy atom. The van der Waals surface area contributed by atoms with Gasteiger partial charge in [0, 0.05) is 25.0 Å². The minimum absolute atomic E-state index is 0.522. The van der Waals surface area contributed by atoms with E-state index in [0.29, 0.717) is 22.3 Å². The van der Waals surface area contributed by atoms with Crippen LogP contribution < -0.4 is 5.32 Å². The largest absolute Gasteiger partial charge is 0.381 e. The fourth-order valence-corrected chi connectivity index (χ4v) is 2.15. The summed E-state index contributed by atoms with van der Waals surface area (Å²) in [5.41, 5.74) is 3.72. The molecule has 0 aliphatic heterocycles. The van der Waals surface area contributed by atoms with E-state index in [1.54, 1.807) is 12.1 Å². The van der Waals surface area contributed by atoms with Crippen molar-refractivity contribution in [3.63, 3.8) is 0 Å². The highest BCUT2D eigenvalue weighted by molar-refractivity contribution is 6.42. The first-order valence-electron chi connectivity index (χ1n) is 5.77. The first kappa shape index (κ1) is 13.8. The third-order valence-corrected chi connectivity index (χ3v) is 3.90. The maximum absolute atomic E-state index is 8.99. The van der Waals surface area contributed by atoms with Crippen molar-refractivity contribution in [2.45, 2.75) is 13.5 Å². The molecule has 2 rings (SSSR count). The van der Waals surface area contributed by atoms with Crippen LogP contribution in [0.25, 0.3) is 0 Å². The lowest BCUT2D eigenvalue weighted by Gasteiger charge is -2.07. The molecule has 0 unspecified atom stereocenters. The Hall–Kier alpha value is -1.63. The van der Waals surface area contributed by atoms with Crippen molar-refractivity contribution in [1.82, 2.24) is 4.57 Å². The van der Waals surface area contributed by atoms with E-state index in [4.69, 9.17) is 28.5 Å². The summed E-state index contributed by atoms with van der Waals surface area (Å²) in [4.78, 5) is 0. The van der Waals surface area contributed by atoms with Gasteiger partial charge in [-0.25, -0.2) is 0 Å². The molecular weight excluding hydrogens is 281 g/mol. The fraction of sp³-hybridized carbons (Fsp3) is 0.214. The molecule has 0 spiro atoms. The van der Waals surface area contributed by atoms with Crippen LogP contribution in [0.3, 0.4) is 0 Å². The monoisotopic (exact) mass is 293 g/mol. The van der Waals surface area contributed by atoms with Crippen molar-refractivity contribution in [2.75, 3.05) is 5.32 Å². The number of nitriles is 1. The topological polar surface area (TPSA) is 40.8 Å². The molecule has 1 N–H and O–H groups in total. The molecule has 1 aromatic carbocycles. The lowest BCUT2D eigenvalue weighted by molar-refractivity contribution is 0.856. The number of nitrogens with zero attached hydrogens (tertiary/aromatic N) is 2. The van der Waals surface area contributed by atoms with Gasteiger partial charge < -0.3 is 9.88 Å². The van der Waals surface area contributed by atoms with E-state index < -0.39 is 0 Å². The van der Waals surface area contributed by atoms with Crippen molar-refractivity contribution in [3.8, 4) is 6.07 Å². The van der Waals surface area contributed by atoms with Crippen LogP contribution >= 0.6 is 23.2 Å². The van der Waals surface area contributed by atoms with Crippen LogP contribution in [0.5, 0.6) is 0 Å². The van der Waals surface area contributed by atoms with Gasteiger partial charge in [0.2, 0.25) is 0 Å². The van der Waals surface area contributed by atoms with Crippen LogP contribution in [0.4, 0.5) is 5.69 Å². The fourth-order valence-electron chi connectivity index (χ4n) is 1.85. The lowest BCUT2D eigenvalue weighted by atomic mass is 10.2. The van der Waals surface area contributed by atoms with Gasteiger partial charge in [0.15, 0.2) is 0 Å². The molecule has 0 amide bonds. The molecule has 2 aromatic rings. The van der Waals surface area contributed by atoms with E-state index in [-0.39, 0.29) is 0 Å². The number of hydrogen-bond acceptors (Lipinski definition) is 2. The van der Waals surface area contributed by atoms with Crippen LogP contribution in [-0.2, 0) is 13.6 Å². The van der Waals surface area contributed by atoms with Gasteiger partial charge in [0.25, 0.3) is 0 Å². The standard InChI is InChI=1S/C14H13Cl2N3/c1-9-10(5-12(7-17)19(9)2)8-18-11-3-4-13(15)14(16)6-11/h3-6,18H,8H2,1-2H3. The van der Waals surface area contributed by atoms with Crippen LogP contribution in [0.15, 0.2) is 24.3 Å². The van der Waals surface area contributed by atoms with Crippen LogP contribution in [0, 0.1) is 18.3 Å². The number of nitrogens with one attached hydrogen (secondary N) is 1. The molecule has 0 saturated heterocycles. The second kappa shape index (κ2) is 5.56. The highest BCUT2D eigenvalue weighted by atomic mass is 35.5. The van der Waals surface area contributed by atoms with Gasteiger partial charge in [-0.05, 0) is 36.8 Å². The zero-order chi connectivity index (χ0) is 14.0. The molecule has 0 radical (unpaired) electrons. The van der Waals surface area contributed by atoms with Gasteiger partial charge in [-0.3, -0.25) is 0 Å². The van der Waals surface area contributed by atoms with Crippen molar-refractivity contribution in [3.05, 3.63) is 51.3 Å². The van der Waals surface area contributed by atoms with Crippen LogP contribution in [-0.4, -0.2) is 4.57 Å². The molecular formula is C14H13Cl2N3. The van der Waals surface area contributed by atoms with E-state index in [1.807, 2.05) is 30.7 Å². The number of halogens is 2. The number of anilines is 1. The van der Waals surface area contributed by atoms with Crippen molar-refractivity contribution >= 4 is 28.9 Å². The molecule has 19 heavy (non-hydrogen) atoms. The average Bonchev–Trinajstić information content (AvgIpc) is 2.67. The zero-order valence-corrected chi connectivity index (χ0v) is 12.2.